The quantitative estimate of drug-likeness (QED) is 0.333. The summed E-state index contributed by atoms with van der Waals surface area (Å²) >= 11 is 0. The predicted octanol–water partition coefficient (Wildman–Crippen LogP) is 4.89. The second kappa shape index (κ2) is 11.2. The van der Waals surface area contributed by atoms with Gasteiger partial charge in [-0.15, -0.1) is 0 Å². The number of aliphatic carboxylic acids is 2. The van der Waals surface area contributed by atoms with E-state index in [9.17, 15) is 19.8 Å². The molecule has 0 aliphatic carbocycles. The molecule has 2 N–H and O–H groups in total. The lowest BCUT2D eigenvalue weighted by atomic mass is 9.93. The SMILES string of the molecule is CCOc1ccc2c(c1)[C@H](c1ccc(OC)cc1OCC(C)(C)C(=O)O)N(CC(=O)O)[C@@H]2c1ccc2c(c1)OCO2. The number of nitrogens with zero attached hydrogens (tertiary/aromatic N) is 1. The molecule has 5 rings (SSSR count). The van der Waals surface area contributed by atoms with Crippen LogP contribution in [0.5, 0.6) is 28.7 Å². The van der Waals surface area contributed by atoms with Gasteiger partial charge in [0, 0.05) is 11.6 Å². The van der Waals surface area contributed by atoms with Crippen molar-refractivity contribution in [2.75, 3.05) is 33.7 Å². The lowest BCUT2D eigenvalue weighted by Crippen LogP contribution is -2.34. The highest BCUT2D eigenvalue weighted by Gasteiger charge is 2.43. The van der Waals surface area contributed by atoms with Crippen LogP contribution in [0.15, 0.2) is 54.6 Å². The van der Waals surface area contributed by atoms with Crippen LogP contribution < -0.4 is 23.7 Å². The van der Waals surface area contributed by atoms with Gasteiger partial charge in [-0.05, 0) is 73.9 Å². The predicted molar refractivity (Wildman–Crippen MR) is 148 cm³/mol. The molecule has 216 valence electrons. The van der Waals surface area contributed by atoms with Crippen LogP contribution in [0.1, 0.15) is 55.1 Å². The Kier molecular flexibility index (Phi) is 7.68. The molecule has 0 spiro atoms. The first-order valence-electron chi connectivity index (χ1n) is 13.3. The molecule has 10 heteroatoms. The topological polar surface area (TPSA) is 124 Å². The zero-order valence-electron chi connectivity index (χ0n) is 23.4. The number of rotatable bonds is 11. The number of ether oxygens (including phenoxy) is 5. The molecule has 3 aromatic rings. The molecule has 2 heterocycles. The third kappa shape index (κ3) is 5.47. The number of hydrogen-bond donors (Lipinski definition) is 2. The number of benzene rings is 3. The van der Waals surface area contributed by atoms with E-state index in [-0.39, 0.29) is 19.9 Å². The Morgan fingerprint density at radius 3 is 2.34 bits per heavy atom. The molecular weight excluding hydrogens is 530 g/mol. The van der Waals surface area contributed by atoms with Gasteiger partial charge in [-0.2, -0.15) is 0 Å². The van der Waals surface area contributed by atoms with Crippen LogP contribution >= 0.6 is 0 Å². The first-order chi connectivity index (χ1) is 19.6. The highest BCUT2D eigenvalue weighted by Crippen LogP contribution is 2.52. The minimum atomic E-state index is -1.16. The van der Waals surface area contributed by atoms with Gasteiger partial charge < -0.3 is 33.9 Å². The number of hydrogen-bond acceptors (Lipinski definition) is 8. The summed E-state index contributed by atoms with van der Waals surface area (Å²) in [4.78, 5) is 26.0. The Labute approximate surface area is 238 Å². The average molecular weight is 564 g/mol. The number of methoxy groups -OCH3 is 1. The van der Waals surface area contributed by atoms with E-state index in [4.69, 9.17) is 23.7 Å². The van der Waals surface area contributed by atoms with Crippen LogP contribution in [0.4, 0.5) is 0 Å². The van der Waals surface area contributed by atoms with E-state index in [1.807, 2.05) is 54.3 Å². The van der Waals surface area contributed by atoms with Crippen LogP contribution in [0.25, 0.3) is 0 Å². The molecule has 0 aromatic heterocycles. The first kappa shape index (κ1) is 28.1. The maximum absolute atomic E-state index is 12.3. The molecule has 0 unspecified atom stereocenters. The summed E-state index contributed by atoms with van der Waals surface area (Å²) < 4.78 is 28.6. The van der Waals surface area contributed by atoms with Crippen molar-refractivity contribution in [2.45, 2.75) is 32.9 Å². The van der Waals surface area contributed by atoms with E-state index in [0.717, 1.165) is 16.7 Å². The standard InChI is InChI=1S/C31H33NO9/c1-5-38-20-8-9-21-23(13-20)29(22-10-7-19(37-4)14-25(22)39-16-31(2,3)30(35)36)32(15-27(33)34)28(21)18-6-11-24-26(12-18)41-17-40-24/h6-14,28-29H,5,15-17H2,1-4H3,(H,33,34)(H,35,36)/t28-,29+/m1/s1. The zero-order chi connectivity index (χ0) is 29.3. The summed E-state index contributed by atoms with van der Waals surface area (Å²) in [6.07, 6.45) is 0. The molecule has 3 aromatic carbocycles. The van der Waals surface area contributed by atoms with Gasteiger partial charge in [-0.25, -0.2) is 0 Å². The number of carboxylic acid groups (broad SMARTS) is 2. The summed E-state index contributed by atoms with van der Waals surface area (Å²) in [5, 5.41) is 19.7. The van der Waals surface area contributed by atoms with Crippen molar-refractivity contribution >= 4 is 11.9 Å². The van der Waals surface area contributed by atoms with Crippen LogP contribution in [0.2, 0.25) is 0 Å². The van der Waals surface area contributed by atoms with Crippen molar-refractivity contribution in [3.63, 3.8) is 0 Å². The normalized spacial score (nSPS) is 17.7. The highest BCUT2D eigenvalue weighted by atomic mass is 16.7. The van der Waals surface area contributed by atoms with Crippen LogP contribution in [-0.2, 0) is 9.59 Å². The molecule has 0 saturated carbocycles. The molecule has 2 atom stereocenters. The molecule has 0 fully saturated rings. The molecule has 0 amide bonds. The molecule has 0 bridgehead atoms. The smallest absolute Gasteiger partial charge is 0.317 e. The Balaban J connectivity index is 1.68. The fourth-order valence-electron chi connectivity index (χ4n) is 5.25. The second-order valence-electron chi connectivity index (χ2n) is 10.6. The Morgan fingerprint density at radius 2 is 1.63 bits per heavy atom. The van der Waals surface area contributed by atoms with Gasteiger partial charge >= 0.3 is 11.9 Å². The van der Waals surface area contributed by atoms with Gasteiger partial charge in [0.2, 0.25) is 6.79 Å². The van der Waals surface area contributed by atoms with Crippen molar-refractivity contribution in [2.24, 2.45) is 5.41 Å². The monoisotopic (exact) mass is 563 g/mol. The fourth-order valence-corrected chi connectivity index (χ4v) is 5.25. The van der Waals surface area contributed by atoms with E-state index < -0.39 is 29.4 Å². The van der Waals surface area contributed by atoms with E-state index in [2.05, 4.69) is 0 Å². The Hall–Kier alpha value is -4.44. The van der Waals surface area contributed by atoms with Gasteiger partial charge in [-0.1, -0.05) is 12.1 Å². The first-order valence-corrected chi connectivity index (χ1v) is 13.3. The Morgan fingerprint density at radius 1 is 0.902 bits per heavy atom. The summed E-state index contributed by atoms with van der Waals surface area (Å²) in [5.74, 6) is 0.811. The van der Waals surface area contributed by atoms with Crippen molar-refractivity contribution in [1.29, 1.82) is 0 Å². The maximum Gasteiger partial charge on any atom is 0.317 e. The van der Waals surface area contributed by atoms with Gasteiger partial charge in [0.1, 0.15) is 23.9 Å². The fraction of sp³-hybridized carbons (Fsp3) is 0.355. The van der Waals surface area contributed by atoms with Gasteiger partial charge in [0.05, 0.1) is 37.8 Å². The summed E-state index contributed by atoms with van der Waals surface area (Å²) in [7, 11) is 1.53. The number of carbonyl (C=O) groups is 2. The lowest BCUT2D eigenvalue weighted by molar-refractivity contribution is -0.148. The molecule has 0 saturated heterocycles. The van der Waals surface area contributed by atoms with Crippen molar-refractivity contribution in [3.05, 3.63) is 76.9 Å². The summed E-state index contributed by atoms with van der Waals surface area (Å²) in [6, 6.07) is 15.7. The summed E-state index contributed by atoms with van der Waals surface area (Å²) in [6.45, 7) is 5.27. The van der Waals surface area contributed by atoms with E-state index in [1.165, 1.54) is 7.11 Å². The van der Waals surface area contributed by atoms with Crippen molar-refractivity contribution < 1.29 is 43.5 Å². The zero-order valence-corrected chi connectivity index (χ0v) is 23.4. The maximum atomic E-state index is 12.3. The van der Waals surface area contributed by atoms with Crippen LogP contribution in [0.3, 0.4) is 0 Å². The highest BCUT2D eigenvalue weighted by molar-refractivity contribution is 5.74. The van der Waals surface area contributed by atoms with Gasteiger partial charge in [0.15, 0.2) is 11.5 Å². The second-order valence-corrected chi connectivity index (χ2v) is 10.6. The third-order valence-electron chi connectivity index (χ3n) is 7.33. The van der Waals surface area contributed by atoms with Crippen molar-refractivity contribution in [1.82, 2.24) is 4.90 Å². The molecule has 41 heavy (non-hydrogen) atoms. The average Bonchev–Trinajstić information content (AvgIpc) is 3.53. The molecule has 10 nitrogen and oxygen atoms in total. The van der Waals surface area contributed by atoms with E-state index >= 15 is 0 Å². The molecule has 2 aliphatic rings. The van der Waals surface area contributed by atoms with E-state index in [1.54, 1.807) is 26.0 Å². The van der Waals surface area contributed by atoms with E-state index in [0.29, 0.717) is 40.9 Å². The third-order valence-corrected chi connectivity index (χ3v) is 7.33. The summed E-state index contributed by atoms with van der Waals surface area (Å²) in [5.41, 5.74) is 2.11. The molecular formula is C31H33NO9. The van der Waals surface area contributed by atoms with Crippen LogP contribution in [0, 0.1) is 5.41 Å². The minimum Gasteiger partial charge on any atom is -0.497 e. The minimum absolute atomic E-state index is 0.106. The molecule has 2 aliphatic heterocycles. The van der Waals surface area contributed by atoms with Gasteiger partial charge in [-0.3, -0.25) is 14.5 Å². The number of carboxylic acids is 2. The Bertz CT molecular complexity index is 1470. The lowest BCUT2D eigenvalue weighted by Gasteiger charge is -2.31. The van der Waals surface area contributed by atoms with Gasteiger partial charge in [0.25, 0.3) is 0 Å². The van der Waals surface area contributed by atoms with Crippen molar-refractivity contribution in [3.8, 4) is 28.7 Å². The molecule has 0 radical (unpaired) electrons. The number of fused-ring (bicyclic) bond motifs is 2. The van der Waals surface area contributed by atoms with Crippen LogP contribution in [-0.4, -0.2) is 60.7 Å². The largest absolute Gasteiger partial charge is 0.497 e.